The fourth-order valence-corrected chi connectivity index (χ4v) is 5.92. The highest BCUT2D eigenvalue weighted by atomic mass is 16.6. The molecule has 1 N–H and O–H groups in total. The molecule has 0 aromatic heterocycles. The first-order valence-electron chi connectivity index (χ1n) is 21.3. The Balaban J connectivity index is 3.59. The second-order valence-electron chi connectivity index (χ2n) is 14.1. The first kappa shape index (κ1) is 48.6. The van der Waals surface area contributed by atoms with Gasteiger partial charge in [-0.2, -0.15) is 0 Å². The van der Waals surface area contributed by atoms with Crippen molar-refractivity contribution in [2.75, 3.05) is 13.2 Å². The molecule has 1 unspecified atom stereocenters. The summed E-state index contributed by atoms with van der Waals surface area (Å²) in [5, 5.41) is 9.55. The summed E-state index contributed by atoms with van der Waals surface area (Å²) in [5.41, 5.74) is 0. The van der Waals surface area contributed by atoms with Crippen LogP contribution in [0.4, 0.5) is 0 Å². The molecule has 5 nitrogen and oxygen atoms in total. The van der Waals surface area contributed by atoms with Gasteiger partial charge in [0.25, 0.3) is 0 Å². The van der Waals surface area contributed by atoms with E-state index in [0.29, 0.717) is 6.42 Å². The standard InChI is InChI=1S/C46H80O5/c1-3-5-7-9-11-13-15-17-19-20-21-22-23-24-25-27-28-30-32-34-36-38-40-45(48)50-43-44(42-47)51-46(49)41-39-37-35-33-31-29-26-18-16-14-12-10-8-6-4-2/h6,8,12,14,18,26,31,33,37,39,44,47H,3-5,7,9-11,13,15-17,19-25,27-30,32,34-36,38,40-43H2,1-2H3/b8-6-,14-12-,26-18-,33-31-,39-37-. The van der Waals surface area contributed by atoms with Gasteiger partial charge in [-0.05, 0) is 38.5 Å². The van der Waals surface area contributed by atoms with Crippen molar-refractivity contribution in [1.29, 1.82) is 0 Å². The van der Waals surface area contributed by atoms with Crippen LogP contribution < -0.4 is 0 Å². The summed E-state index contributed by atoms with van der Waals surface area (Å²) < 4.78 is 10.5. The van der Waals surface area contributed by atoms with Gasteiger partial charge in [0.1, 0.15) is 6.61 Å². The van der Waals surface area contributed by atoms with Gasteiger partial charge < -0.3 is 14.6 Å². The Bertz CT molecular complexity index is 899. The SMILES string of the molecule is CC/C=C\C/C=C\C/C=C\C/C=C\C/C=C\CC(=O)OC(CO)COC(=O)CCCCCCCCCCCCCCCCCCCCCCCC. The Hall–Kier alpha value is -2.40. The summed E-state index contributed by atoms with van der Waals surface area (Å²) in [4.78, 5) is 24.2. The van der Waals surface area contributed by atoms with E-state index in [1.807, 2.05) is 6.08 Å². The average molecular weight is 713 g/mol. The summed E-state index contributed by atoms with van der Waals surface area (Å²) in [6.45, 7) is 3.95. The van der Waals surface area contributed by atoms with Crippen molar-refractivity contribution < 1.29 is 24.2 Å². The van der Waals surface area contributed by atoms with E-state index in [1.165, 1.54) is 122 Å². The highest BCUT2D eigenvalue weighted by Gasteiger charge is 2.15. The number of rotatable bonds is 38. The normalized spacial score (nSPS) is 12.8. The smallest absolute Gasteiger partial charge is 0.310 e. The number of carbonyl (C=O) groups is 2. The Morgan fingerprint density at radius 1 is 0.471 bits per heavy atom. The van der Waals surface area contributed by atoms with Crippen molar-refractivity contribution in [1.82, 2.24) is 0 Å². The first-order chi connectivity index (χ1) is 25.1. The van der Waals surface area contributed by atoms with E-state index in [0.717, 1.165) is 51.4 Å². The molecule has 0 rings (SSSR count). The van der Waals surface area contributed by atoms with E-state index < -0.39 is 12.1 Å². The zero-order valence-electron chi connectivity index (χ0n) is 33.4. The molecule has 0 aromatic rings. The number of hydrogen-bond acceptors (Lipinski definition) is 5. The predicted octanol–water partition coefficient (Wildman–Crippen LogP) is 13.6. The van der Waals surface area contributed by atoms with E-state index in [1.54, 1.807) is 6.08 Å². The Kier molecular flexibility index (Phi) is 40.0. The summed E-state index contributed by atoms with van der Waals surface area (Å²) in [5.74, 6) is -0.735. The lowest BCUT2D eigenvalue weighted by Crippen LogP contribution is -2.28. The number of carbonyl (C=O) groups excluding carboxylic acids is 2. The predicted molar refractivity (Wildman–Crippen MR) is 219 cm³/mol. The van der Waals surface area contributed by atoms with Crippen LogP contribution in [-0.2, 0) is 19.1 Å². The van der Waals surface area contributed by atoms with Crippen molar-refractivity contribution in [2.24, 2.45) is 0 Å². The molecule has 0 bridgehead atoms. The van der Waals surface area contributed by atoms with Crippen molar-refractivity contribution in [3.8, 4) is 0 Å². The molecule has 0 radical (unpaired) electrons. The Morgan fingerprint density at radius 3 is 1.20 bits per heavy atom. The monoisotopic (exact) mass is 713 g/mol. The van der Waals surface area contributed by atoms with Crippen LogP contribution in [0.1, 0.15) is 200 Å². The number of unbranched alkanes of at least 4 members (excludes halogenated alkanes) is 21. The molecule has 0 saturated carbocycles. The molecule has 1 atom stereocenters. The summed E-state index contributed by atoms with van der Waals surface area (Å²) in [6, 6.07) is 0. The van der Waals surface area contributed by atoms with E-state index in [2.05, 4.69) is 62.5 Å². The largest absolute Gasteiger partial charge is 0.462 e. The van der Waals surface area contributed by atoms with Crippen LogP contribution in [0.3, 0.4) is 0 Å². The fourth-order valence-electron chi connectivity index (χ4n) is 5.92. The number of esters is 2. The maximum absolute atomic E-state index is 12.1. The van der Waals surface area contributed by atoms with Gasteiger partial charge in [-0.25, -0.2) is 0 Å². The highest BCUT2D eigenvalue weighted by Crippen LogP contribution is 2.15. The molecule has 0 aliphatic carbocycles. The summed E-state index contributed by atoms with van der Waals surface area (Å²) in [6.07, 6.45) is 54.7. The third kappa shape index (κ3) is 40.2. The lowest BCUT2D eigenvalue weighted by atomic mass is 10.0. The average Bonchev–Trinajstić information content (AvgIpc) is 3.13. The molecule has 0 saturated heterocycles. The number of hydrogen-bond donors (Lipinski definition) is 1. The third-order valence-electron chi connectivity index (χ3n) is 9.11. The number of aliphatic hydroxyl groups is 1. The Morgan fingerprint density at radius 2 is 0.824 bits per heavy atom. The molecular formula is C46H80O5. The topological polar surface area (TPSA) is 72.8 Å². The number of allylic oxidation sites excluding steroid dienone is 9. The van der Waals surface area contributed by atoms with E-state index in [-0.39, 0.29) is 25.6 Å². The molecule has 0 aromatic carbocycles. The molecule has 0 heterocycles. The number of ether oxygens (including phenoxy) is 2. The van der Waals surface area contributed by atoms with Crippen molar-refractivity contribution in [2.45, 2.75) is 206 Å². The van der Waals surface area contributed by atoms with Crippen molar-refractivity contribution in [3.05, 3.63) is 60.8 Å². The minimum Gasteiger partial charge on any atom is -0.462 e. The fraction of sp³-hybridized carbons (Fsp3) is 0.739. The molecule has 0 aliphatic rings. The van der Waals surface area contributed by atoms with Gasteiger partial charge in [-0.3, -0.25) is 9.59 Å². The second kappa shape index (κ2) is 42.0. The lowest BCUT2D eigenvalue weighted by molar-refractivity contribution is -0.160. The molecule has 5 heteroatoms. The van der Waals surface area contributed by atoms with Gasteiger partial charge in [0.05, 0.1) is 13.0 Å². The summed E-state index contributed by atoms with van der Waals surface area (Å²) in [7, 11) is 0. The van der Waals surface area contributed by atoms with Crippen molar-refractivity contribution >= 4 is 11.9 Å². The van der Waals surface area contributed by atoms with Crippen LogP contribution >= 0.6 is 0 Å². The molecule has 0 amide bonds. The van der Waals surface area contributed by atoms with Crippen LogP contribution in [-0.4, -0.2) is 36.4 Å². The van der Waals surface area contributed by atoms with Crippen molar-refractivity contribution in [3.63, 3.8) is 0 Å². The van der Waals surface area contributed by atoms with Gasteiger partial charge in [-0.1, -0.05) is 209 Å². The maximum atomic E-state index is 12.1. The number of aliphatic hydroxyl groups excluding tert-OH is 1. The molecular weight excluding hydrogens is 633 g/mol. The van der Waals surface area contributed by atoms with Gasteiger partial charge in [0, 0.05) is 6.42 Å². The first-order valence-corrected chi connectivity index (χ1v) is 21.3. The van der Waals surface area contributed by atoms with E-state index in [4.69, 9.17) is 9.47 Å². The van der Waals surface area contributed by atoms with Gasteiger partial charge >= 0.3 is 11.9 Å². The summed E-state index contributed by atoms with van der Waals surface area (Å²) >= 11 is 0. The zero-order valence-corrected chi connectivity index (χ0v) is 33.4. The maximum Gasteiger partial charge on any atom is 0.310 e. The van der Waals surface area contributed by atoms with Gasteiger partial charge in [-0.15, -0.1) is 0 Å². The van der Waals surface area contributed by atoms with E-state index >= 15 is 0 Å². The zero-order chi connectivity index (χ0) is 37.1. The van der Waals surface area contributed by atoms with Crippen LogP contribution in [0, 0.1) is 0 Å². The van der Waals surface area contributed by atoms with Crippen LogP contribution in [0.15, 0.2) is 60.8 Å². The Labute approximate surface area is 315 Å². The van der Waals surface area contributed by atoms with E-state index in [9.17, 15) is 14.7 Å². The minimum atomic E-state index is -0.825. The van der Waals surface area contributed by atoms with Gasteiger partial charge in [0.15, 0.2) is 6.10 Å². The van der Waals surface area contributed by atoms with Gasteiger partial charge in [0.2, 0.25) is 0 Å². The third-order valence-corrected chi connectivity index (χ3v) is 9.11. The quantitative estimate of drug-likeness (QED) is 0.0392. The molecule has 0 aliphatic heterocycles. The highest BCUT2D eigenvalue weighted by molar-refractivity contribution is 5.71. The molecule has 0 spiro atoms. The molecule has 0 fully saturated rings. The minimum absolute atomic E-state index is 0.105. The second-order valence-corrected chi connectivity index (χ2v) is 14.1. The molecule has 51 heavy (non-hydrogen) atoms. The molecule has 294 valence electrons. The van der Waals surface area contributed by atoms with Crippen LogP contribution in [0.25, 0.3) is 0 Å². The van der Waals surface area contributed by atoms with Crippen LogP contribution in [0.5, 0.6) is 0 Å². The lowest BCUT2D eigenvalue weighted by Gasteiger charge is -2.15. The van der Waals surface area contributed by atoms with Crippen LogP contribution in [0.2, 0.25) is 0 Å².